The van der Waals surface area contributed by atoms with Gasteiger partial charge in [0, 0.05) is 22.1 Å². The van der Waals surface area contributed by atoms with E-state index in [0.717, 1.165) is 61.2 Å². The average molecular weight is 679 g/mol. The van der Waals surface area contributed by atoms with Crippen LogP contribution in [0.4, 0.5) is 5.69 Å². The van der Waals surface area contributed by atoms with Crippen LogP contribution in [-0.4, -0.2) is 15.0 Å². The lowest BCUT2D eigenvalue weighted by molar-refractivity contribution is 0.661. The molecule has 8 aromatic rings. The summed E-state index contributed by atoms with van der Waals surface area (Å²) in [6.45, 7) is 12.3. The Bertz CT molecular complexity index is 2570. The molecule has 4 heteroatoms. The van der Waals surface area contributed by atoms with Gasteiger partial charge in [0.05, 0.1) is 6.57 Å². The fraction of sp³-hybridized carbons (Fsp3) is 0.0612. The quantitative estimate of drug-likeness (QED) is 0.164. The predicted octanol–water partition coefficient (Wildman–Crippen LogP) is 12.7. The van der Waals surface area contributed by atoms with Crippen molar-refractivity contribution in [2.75, 3.05) is 0 Å². The maximum absolute atomic E-state index is 7.80. The Hall–Kier alpha value is -6.96. The van der Waals surface area contributed by atoms with Crippen molar-refractivity contribution in [3.05, 3.63) is 192 Å². The molecule has 1 aromatic heterocycles. The van der Waals surface area contributed by atoms with E-state index in [4.69, 9.17) is 21.5 Å². The minimum atomic E-state index is -0.219. The highest BCUT2D eigenvalue weighted by atomic mass is 15.0. The molecule has 1 aliphatic rings. The van der Waals surface area contributed by atoms with Gasteiger partial charge in [-0.1, -0.05) is 172 Å². The summed E-state index contributed by atoms with van der Waals surface area (Å²) in [5.74, 6) is 1.85. The summed E-state index contributed by atoms with van der Waals surface area (Å²) in [7, 11) is 0. The zero-order valence-electron chi connectivity index (χ0n) is 29.5. The van der Waals surface area contributed by atoms with Crippen LogP contribution in [0.1, 0.15) is 25.0 Å². The predicted molar refractivity (Wildman–Crippen MR) is 216 cm³/mol. The molecular formula is C49H34N4. The summed E-state index contributed by atoms with van der Waals surface area (Å²) in [4.78, 5) is 19.0. The molecule has 0 saturated carbocycles. The van der Waals surface area contributed by atoms with E-state index in [1.54, 1.807) is 0 Å². The molecule has 0 radical (unpaired) electrons. The van der Waals surface area contributed by atoms with Crippen molar-refractivity contribution >= 4 is 5.69 Å². The monoisotopic (exact) mass is 678 g/mol. The molecule has 0 fully saturated rings. The van der Waals surface area contributed by atoms with Gasteiger partial charge in [-0.15, -0.1) is 0 Å². The number of benzene rings is 7. The highest BCUT2D eigenvalue weighted by molar-refractivity contribution is 5.91. The molecule has 7 aromatic carbocycles. The molecular weight excluding hydrogens is 645 g/mol. The third kappa shape index (κ3) is 5.79. The summed E-state index contributed by atoms with van der Waals surface area (Å²) >= 11 is 0. The first kappa shape index (κ1) is 32.0. The van der Waals surface area contributed by atoms with Crippen molar-refractivity contribution in [3.8, 4) is 78.7 Å². The van der Waals surface area contributed by atoms with Crippen molar-refractivity contribution in [2.24, 2.45) is 0 Å². The van der Waals surface area contributed by atoms with Crippen molar-refractivity contribution in [1.29, 1.82) is 0 Å². The molecule has 9 rings (SSSR count). The Kier molecular flexibility index (Phi) is 7.83. The molecule has 0 bridgehead atoms. The normalized spacial score (nSPS) is 12.5. The van der Waals surface area contributed by atoms with Crippen LogP contribution in [0.2, 0.25) is 0 Å². The highest BCUT2D eigenvalue weighted by Gasteiger charge is 2.36. The molecule has 250 valence electrons. The van der Waals surface area contributed by atoms with E-state index in [-0.39, 0.29) is 5.41 Å². The van der Waals surface area contributed by atoms with Crippen molar-refractivity contribution in [1.82, 2.24) is 15.0 Å². The van der Waals surface area contributed by atoms with Crippen LogP contribution in [0, 0.1) is 6.57 Å². The van der Waals surface area contributed by atoms with Gasteiger partial charge < -0.3 is 0 Å². The largest absolute Gasteiger partial charge is 0.238 e. The van der Waals surface area contributed by atoms with Crippen LogP contribution in [-0.2, 0) is 5.41 Å². The SMILES string of the molecule is [C-]#[N+]c1cccc2c1-c1ccc(-c3cccc(-c4nc(-c5ccc(-c6ccccc6)cc5)nc(-c5ccc(-c6ccccc6)cc5)n4)c3)cc1C2(C)C. The van der Waals surface area contributed by atoms with Crippen LogP contribution < -0.4 is 0 Å². The van der Waals surface area contributed by atoms with Gasteiger partial charge in [-0.2, -0.15) is 0 Å². The fourth-order valence-electron chi connectivity index (χ4n) is 7.53. The first-order valence-corrected chi connectivity index (χ1v) is 17.8. The first-order valence-electron chi connectivity index (χ1n) is 17.8. The van der Waals surface area contributed by atoms with E-state index < -0.39 is 0 Å². The van der Waals surface area contributed by atoms with Gasteiger partial charge >= 0.3 is 0 Å². The molecule has 0 atom stereocenters. The second kappa shape index (κ2) is 13.0. The standard InChI is InChI=1S/C49H34N4/c1-49(2)42-18-11-19-44(50-3)45(42)41-29-28-39(31-43(41)49)38-16-10-17-40(30-38)48-52-46(36-24-20-34(21-25-36)32-12-6-4-7-13-32)51-47(53-48)37-26-22-35(23-27-37)33-14-8-5-9-15-33/h4-31H,1-2H3. The molecule has 53 heavy (non-hydrogen) atoms. The lowest BCUT2D eigenvalue weighted by Gasteiger charge is -2.22. The summed E-state index contributed by atoms with van der Waals surface area (Å²) in [6, 6.07) is 58.7. The van der Waals surface area contributed by atoms with Gasteiger partial charge in [0.15, 0.2) is 23.2 Å². The molecule has 0 N–H and O–H groups in total. The van der Waals surface area contributed by atoms with E-state index in [1.807, 2.05) is 24.3 Å². The van der Waals surface area contributed by atoms with Crippen LogP contribution in [0.25, 0.3) is 83.5 Å². The molecule has 0 saturated heterocycles. The first-order chi connectivity index (χ1) is 26.0. The summed E-state index contributed by atoms with van der Waals surface area (Å²) in [5.41, 5.74) is 14.7. The summed E-state index contributed by atoms with van der Waals surface area (Å²) in [6.07, 6.45) is 0. The van der Waals surface area contributed by atoms with Gasteiger partial charge in [-0.25, -0.2) is 19.8 Å². The number of hydrogen-bond donors (Lipinski definition) is 0. The van der Waals surface area contributed by atoms with E-state index in [9.17, 15) is 0 Å². The minimum absolute atomic E-state index is 0.219. The molecule has 1 heterocycles. The van der Waals surface area contributed by atoms with Crippen LogP contribution in [0.5, 0.6) is 0 Å². The molecule has 0 amide bonds. The van der Waals surface area contributed by atoms with Crippen molar-refractivity contribution in [2.45, 2.75) is 19.3 Å². The Morgan fingerprint density at radius 3 is 1.40 bits per heavy atom. The molecule has 4 nitrogen and oxygen atoms in total. The van der Waals surface area contributed by atoms with Crippen molar-refractivity contribution in [3.63, 3.8) is 0 Å². The van der Waals surface area contributed by atoms with Gasteiger partial charge in [0.1, 0.15) is 0 Å². The molecule has 1 aliphatic carbocycles. The number of fused-ring (bicyclic) bond motifs is 3. The average Bonchev–Trinajstić information content (AvgIpc) is 3.47. The zero-order chi connectivity index (χ0) is 35.9. The van der Waals surface area contributed by atoms with Gasteiger partial charge in [0.2, 0.25) is 0 Å². The summed E-state index contributed by atoms with van der Waals surface area (Å²) < 4.78 is 0. The Morgan fingerprint density at radius 2 is 0.830 bits per heavy atom. The lowest BCUT2D eigenvalue weighted by Crippen LogP contribution is -2.14. The second-order valence-corrected chi connectivity index (χ2v) is 14.0. The van der Waals surface area contributed by atoms with Crippen LogP contribution in [0.15, 0.2) is 170 Å². The molecule has 0 unspecified atom stereocenters. The number of rotatable bonds is 6. The Labute approximate surface area is 310 Å². The molecule has 0 aliphatic heterocycles. The van der Waals surface area contributed by atoms with Crippen molar-refractivity contribution < 1.29 is 0 Å². The number of aromatic nitrogens is 3. The van der Waals surface area contributed by atoms with E-state index in [0.29, 0.717) is 23.2 Å². The third-order valence-electron chi connectivity index (χ3n) is 10.4. The van der Waals surface area contributed by atoms with E-state index >= 15 is 0 Å². The van der Waals surface area contributed by atoms with Gasteiger partial charge in [-0.3, -0.25) is 0 Å². The van der Waals surface area contributed by atoms with Crippen LogP contribution >= 0.6 is 0 Å². The fourth-order valence-corrected chi connectivity index (χ4v) is 7.53. The molecule has 0 spiro atoms. The maximum atomic E-state index is 7.80. The summed E-state index contributed by atoms with van der Waals surface area (Å²) in [5, 5.41) is 0. The van der Waals surface area contributed by atoms with Crippen LogP contribution in [0.3, 0.4) is 0 Å². The maximum Gasteiger partial charge on any atom is 0.195 e. The lowest BCUT2D eigenvalue weighted by atomic mass is 9.81. The number of hydrogen-bond acceptors (Lipinski definition) is 3. The van der Waals surface area contributed by atoms with Gasteiger partial charge in [0.25, 0.3) is 0 Å². The van der Waals surface area contributed by atoms with Gasteiger partial charge in [-0.05, 0) is 67.8 Å². The third-order valence-corrected chi connectivity index (χ3v) is 10.4. The second-order valence-electron chi connectivity index (χ2n) is 14.0. The Balaban J connectivity index is 1.13. The van der Waals surface area contributed by atoms with E-state index in [2.05, 4.69) is 164 Å². The number of nitrogens with zero attached hydrogens (tertiary/aromatic N) is 4. The van der Waals surface area contributed by atoms with E-state index in [1.165, 1.54) is 11.1 Å². The highest BCUT2D eigenvalue weighted by Crippen LogP contribution is 2.53. The topological polar surface area (TPSA) is 43.0 Å². The zero-order valence-corrected chi connectivity index (χ0v) is 29.5. The Morgan fingerprint density at radius 1 is 0.396 bits per heavy atom. The minimum Gasteiger partial charge on any atom is -0.238 e. The smallest absolute Gasteiger partial charge is 0.195 e.